The van der Waals surface area contributed by atoms with Crippen molar-refractivity contribution in [2.24, 2.45) is 0 Å². The number of nitrogens with zero attached hydrogens (tertiary/aromatic N) is 3. The van der Waals surface area contributed by atoms with Crippen molar-refractivity contribution in [2.75, 3.05) is 13.7 Å². The molecule has 0 saturated carbocycles. The number of aliphatic hydroxyl groups is 1. The van der Waals surface area contributed by atoms with Gasteiger partial charge in [-0.05, 0) is 30.6 Å². The Kier molecular flexibility index (Phi) is 5.14. The number of likely N-dealkylation sites (tertiary alicyclic amines) is 1. The predicted molar refractivity (Wildman–Crippen MR) is 92.3 cm³/mol. The molecule has 0 spiro atoms. The molecule has 7 nitrogen and oxygen atoms in total. The minimum absolute atomic E-state index is 0.304. The lowest BCUT2D eigenvalue weighted by atomic mass is 10.2. The first-order valence-electron chi connectivity index (χ1n) is 7.87. The average Bonchev–Trinajstić information content (AvgIpc) is 3.27. The lowest BCUT2D eigenvalue weighted by Gasteiger charge is -2.18. The fraction of sp³-hybridized carbons (Fsp3) is 0.533. The number of thiophene rings is 1. The number of rotatable bonds is 5. The molecule has 3 rings (SSSR count). The second kappa shape index (κ2) is 7.14. The number of methoxy groups -OCH3 is 1. The van der Waals surface area contributed by atoms with Crippen LogP contribution in [0, 0.1) is 4.77 Å². The largest absolute Gasteiger partial charge is 0.465 e. The van der Waals surface area contributed by atoms with Crippen molar-refractivity contribution < 1.29 is 19.5 Å². The van der Waals surface area contributed by atoms with Crippen molar-refractivity contribution in [3.05, 3.63) is 22.3 Å². The van der Waals surface area contributed by atoms with Gasteiger partial charge < -0.3 is 14.7 Å². The standard InChI is InChI=1S/C15H20N4O3S2/c1-3-18-13(12-5-4-6-24-12)16-19(15(18)23)9-17-8-10(20)7-11(17)14(21)22-2/h4-6,10-11,20H,3,7-9H2,1-2H3/p+1/t10-,11+/m1/s1. The van der Waals surface area contributed by atoms with Crippen molar-refractivity contribution in [2.45, 2.75) is 38.7 Å². The molecule has 1 fully saturated rings. The van der Waals surface area contributed by atoms with Crippen molar-refractivity contribution in [1.29, 1.82) is 0 Å². The molecule has 24 heavy (non-hydrogen) atoms. The first kappa shape index (κ1) is 17.3. The zero-order valence-corrected chi connectivity index (χ0v) is 15.3. The maximum atomic E-state index is 11.9. The minimum Gasteiger partial charge on any atom is -0.465 e. The number of aliphatic hydroxyl groups excluding tert-OH is 1. The maximum Gasteiger partial charge on any atom is 0.364 e. The van der Waals surface area contributed by atoms with E-state index in [0.29, 0.717) is 24.4 Å². The molecule has 0 aliphatic carbocycles. The van der Waals surface area contributed by atoms with Crippen molar-refractivity contribution in [3.63, 3.8) is 0 Å². The summed E-state index contributed by atoms with van der Waals surface area (Å²) < 4.78 is 9.22. The van der Waals surface area contributed by atoms with Gasteiger partial charge in [0.25, 0.3) is 0 Å². The van der Waals surface area contributed by atoms with Gasteiger partial charge in [-0.25, -0.2) is 4.79 Å². The molecule has 0 radical (unpaired) electrons. The lowest BCUT2D eigenvalue weighted by molar-refractivity contribution is -0.928. The Labute approximate surface area is 149 Å². The lowest BCUT2D eigenvalue weighted by Crippen LogP contribution is -3.14. The molecule has 0 amide bonds. The normalized spacial score (nSPS) is 23.5. The molecule has 130 valence electrons. The number of quaternary nitrogens is 1. The van der Waals surface area contributed by atoms with Gasteiger partial charge in [0.15, 0.2) is 18.5 Å². The molecular weight excluding hydrogens is 348 g/mol. The van der Waals surface area contributed by atoms with Crippen LogP contribution in [0.4, 0.5) is 0 Å². The van der Waals surface area contributed by atoms with E-state index < -0.39 is 6.10 Å². The zero-order chi connectivity index (χ0) is 17.3. The summed E-state index contributed by atoms with van der Waals surface area (Å²) in [6.45, 7) is 3.67. The van der Waals surface area contributed by atoms with E-state index in [1.807, 2.05) is 29.0 Å². The van der Waals surface area contributed by atoms with Crippen LogP contribution in [0.2, 0.25) is 0 Å². The van der Waals surface area contributed by atoms with E-state index in [0.717, 1.165) is 22.1 Å². The summed E-state index contributed by atoms with van der Waals surface area (Å²) in [4.78, 5) is 13.9. The molecule has 3 heterocycles. The highest BCUT2D eigenvalue weighted by Gasteiger charge is 2.41. The van der Waals surface area contributed by atoms with Crippen LogP contribution < -0.4 is 4.90 Å². The number of esters is 1. The summed E-state index contributed by atoms with van der Waals surface area (Å²) in [5.41, 5.74) is 0. The Bertz CT molecular complexity index is 768. The SMILES string of the molecule is CCn1c(-c2cccs2)nn(C[NH+]2C[C@H](O)C[C@H]2C(=O)OC)c1=S. The molecule has 1 unspecified atom stereocenters. The van der Waals surface area contributed by atoms with Gasteiger partial charge in [0, 0.05) is 13.0 Å². The van der Waals surface area contributed by atoms with Gasteiger partial charge >= 0.3 is 5.97 Å². The smallest absolute Gasteiger partial charge is 0.364 e. The number of carbonyl (C=O) groups excluding carboxylic acids is 1. The van der Waals surface area contributed by atoms with E-state index in [4.69, 9.17) is 17.0 Å². The van der Waals surface area contributed by atoms with Gasteiger partial charge in [0.1, 0.15) is 12.6 Å². The van der Waals surface area contributed by atoms with Gasteiger partial charge in [0.05, 0.1) is 12.0 Å². The number of carbonyl (C=O) groups is 1. The quantitative estimate of drug-likeness (QED) is 0.586. The Hall–Kier alpha value is -1.55. The van der Waals surface area contributed by atoms with Gasteiger partial charge in [-0.2, -0.15) is 4.68 Å². The highest BCUT2D eigenvalue weighted by atomic mass is 32.1. The topological polar surface area (TPSA) is 73.7 Å². The summed E-state index contributed by atoms with van der Waals surface area (Å²) >= 11 is 7.17. The van der Waals surface area contributed by atoms with E-state index in [-0.39, 0.29) is 12.0 Å². The molecule has 3 atom stereocenters. The molecule has 0 bridgehead atoms. The average molecular weight is 369 g/mol. The van der Waals surface area contributed by atoms with Gasteiger partial charge in [-0.3, -0.25) is 4.57 Å². The highest BCUT2D eigenvalue weighted by molar-refractivity contribution is 7.71. The Morgan fingerprint density at radius 2 is 2.42 bits per heavy atom. The summed E-state index contributed by atoms with van der Waals surface area (Å²) in [5, 5.41) is 16.6. The van der Waals surface area contributed by atoms with Gasteiger partial charge in [-0.1, -0.05) is 6.07 Å². The number of hydrogen-bond acceptors (Lipinski definition) is 6. The van der Waals surface area contributed by atoms with Crippen LogP contribution in [-0.2, 0) is 22.7 Å². The van der Waals surface area contributed by atoms with E-state index in [9.17, 15) is 9.90 Å². The Morgan fingerprint density at radius 1 is 1.62 bits per heavy atom. The molecule has 2 aromatic heterocycles. The third-order valence-electron chi connectivity index (χ3n) is 4.32. The van der Waals surface area contributed by atoms with E-state index >= 15 is 0 Å². The van der Waals surface area contributed by atoms with E-state index in [2.05, 4.69) is 5.10 Å². The zero-order valence-electron chi connectivity index (χ0n) is 13.6. The third-order valence-corrected chi connectivity index (χ3v) is 5.61. The molecular formula is C15H21N4O3S2+. The van der Waals surface area contributed by atoms with Crippen LogP contribution in [0.1, 0.15) is 13.3 Å². The third kappa shape index (κ3) is 3.16. The summed E-state index contributed by atoms with van der Waals surface area (Å²) in [6, 6.07) is 3.61. The molecule has 1 aliphatic rings. The molecule has 1 aliphatic heterocycles. The summed E-state index contributed by atoms with van der Waals surface area (Å²) in [5.74, 6) is 0.535. The number of ether oxygens (including phenoxy) is 1. The second-order valence-corrected chi connectivity index (χ2v) is 7.13. The molecule has 9 heteroatoms. The maximum absolute atomic E-state index is 11.9. The summed E-state index contributed by atoms with van der Waals surface area (Å²) in [7, 11) is 1.37. The number of aromatic nitrogens is 3. The fourth-order valence-electron chi connectivity index (χ4n) is 3.16. The number of nitrogens with one attached hydrogen (secondary N) is 1. The van der Waals surface area contributed by atoms with Gasteiger partial charge in [0.2, 0.25) is 4.77 Å². The molecule has 0 aromatic carbocycles. The van der Waals surface area contributed by atoms with Crippen molar-refractivity contribution in [3.8, 4) is 10.7 Å². The molecule has 2 N–H and O–H groups in total. The Morgan fingerprint density at radius 3 is 3.04 bits per heavy atom. The summed E-state index contributed by atoms with van der Waals surface area (Å²) in [6.07, 6.45) is -0.106. The fourth-order valence-corrected chi connectivity index (χ4v) is 4.19. The van der Waals surface area contributed by atoms with Crippen LogP contribution in [0.15, 0.2) is 17.5 Å². The first-order valence-corrected chi connectivity index (χ1v) is 9.16. The molecule has 1 saturated heterocycles. The van der Waals surface area contributed by atoms with Crippen molar-refractivity contribution in [1.82, 2.24) is 14.3 Å². The minimum atomic E-state index is -0.511. The van der Waals surface area contributed by atoms with Gasteiger partial charge in [-0.15, -0.1) is 16.4 Å². The van der Waals surface area contributed by atoms with Crippen LogP contribution in [0.5, 0.6) is 0 Å². The monoisotopic (exact) mass is 369 g/mol. The predicted octanol–water partition coefficient (Wildman–Crippen LogP) is 0.311. The van der Waals surface area contributed by atoms with Crippen LogP contribution in [-0.4, -0.2) is 51.2 Å². The highest BCUT2D eigenvalue weighted by Crippen LogP contribution is 2.23. The van der Waals surface area contributed by atoms with Crippen molar-refractivity contribution >= 4 is 29.5 Å². The molecule has 2 aromatic rings. The first-order chi connectivity index (χ1) is 11.5. The van der Waals surface area contributed by atoms with E-state index in [1.54, 1.807) is 16.0 Å². The Balaban J connectivity index is 1.90. The van der Waals surface area contributed by atoms with Crippen LogP contribution in [0.25, 0.3) is 10.7 Å². The van der Waals surface area contributed by atoms with E-state index in [1.165, 1.54) is 7.11 Å². The van der Waals surface area contributed by atoms with Crippen LogP contribution >= 0.6 is 23.6 Å². The second-order valence-electron chi connectivity index (χ2n) is 5.81. The van der Waals surface area contributed by atoms with Crippen LogP contribution in [0.3, 0.4) is 0 Å². The number of hydrogen-bond donors (Lipinski definition) is 2.